The van der Waals surface area contributed by atoms with E-state index in [2.05, 4.69) is 15.3 Å². The second kappa shape index (κ2) is 6.72. The van der Waals surface area contributed by atoms with E-state index in [1.165, 1.54) is 31.0 Å². The Morgan fingerprint density at radius 3 is 2.57 bits per heavy atom. The molecule has 0 spiro atoms. The fourth-order valence-electron chi connectivity index (χ4n) is 3.03. The Morgan fingerprint density at radius 1 is 1.11 bits per heavy atom. The number of ether oxygens (including phenoxy) is 2. The predicted molar refractivity (Wildman–Crippen MR) is 102 cm³/mol. The van der Waals surface area contributed by atoms with Crippen molar-refractivity contribution >= 4 is 39.4 Å². The van der Waals surface area contributed by atoms with E-state index in [0.29, 0.717) is 44.7 Å². The third-order valence-electron chi connectivity index (χ3n) is 4.40. The van der Waals surface area contributed by atoms with Gasteiger partial charge in [-0.1, -0.05) is 11.6 Å². The van der Waals surface area contributed by atoms with Crippen molar-refractivity contribution in [3.8, 4) is 11.5 Å². The average Bonchev–Trinajstić information content (AvgIpc) is 3.04. The van der Waals surface area contributed by atoms with Gasteiger partial charge in [0.2, 0.25) is 0 Å². The second-order valence-corrected chi connectivity index (χ2v) is 6.46. The first-order chi connectivity index (χ1) is 13.4. The summed E-state index contributed by atoms with van der Waals surface area (Å²) in [5.41, 5.74) is 1.94. The van der Waals surface area contributed by atoms with Gasteiger partial charge in [0, 0.05) is 10.9 Å². The van der Waals surface area contributed by atoms with E-state index in [9.17, 15) is 9.18 Å². The number of methoxy groups -OCH3 is 2. The Labute approximate surface area is 163 Å². The molecule has 0 bridgehead atoms. The van der Waals surface area contributed by atoms with Crippen LogP contribution in [0.1, 0.15) is 16.1 Å². The topological polar surface area (TPSA) is 79.1 Å². The predicted octanol–water partition coefficient (Wildman–Crippen LogP) is 3.79. The van der Waals surface area contributed by atoms with Gasteiger partial charge in [-0.25, -0.2) is 4.39 Å². The van der Waals surface area contributed by atoms with Crippen LogP contribution in [0.2, 0.25) is 5.02 Å². The van der Waals surface area contributed by atoms with Crippen LogP contribution in [0, 0.1) is 12.7 Å². The summed E-state index contributed by atoms with van der Waals surface area (Å²) in [7, 11) is 2.99. The van der Waals surface area contributed by atoms with Crippen LogP contribution in [0.15, 0.2) is 30.3 Å². The van der Waals surface area contributed by atoms with Gasteiger partial charge in [-0.3, -0.25) is 4.79 Å². The minimum Gasteiger partial charge on any atom is -0.493 e. The van der Waals surface area contributed by atoms with E-state index < -0.39 is 11.7 Å². The maximum Gasteiger partial charge on any atom is 0.278 e. The normalized spacial score (nSPS) is 11.2. The summed E-state index contributed by atoms with van der Waals surface area (Å²) in [6.45, 7) is 1.70. The number of aromatic nitrogens is 4. The fourth-order valence-corrected chi connectivity index (χ4v) is 3.19. The largest absolute Gasteiger partial charge is 0.493 e. The molecule has 0 unspecified atom stereocenters. The van der Waals surface area contributed by atoms with Crippen LogP contribution in [0.25, 0.3) is 21.9 Å². The van der Waals surface area contributed by atoms with Gasteiger partial charge in [0.15, 0.2) is 11.5 Å². The lowest BCUT2D eigenvalue weighted by Crippen LogP contribution is -2.14. The Balaban J connectivity index is 1.97. The molecule has 4 rings (SSSR count). The minimum atomic E-state index is -0.618. The molecule has 2 heterocycles. The summed E-state index contributed by atoms with van der Waals surface area (Å²) >= 11 is 5.85. The molecule has 2 aromatic carbocycles. The first kappa shape index (κ1) is 18.1. The van der Waals surface area contributed by atoms with Crippen molar-refractivity contribution in [2.24, 2.45) is 0 Å². The molecule has 142 valence electrons. The molecular formula is C19H14ClFN4O3. The highest BCUT2D eigenvalue weighted by molar-refractivity contribution is 6.31. The van der Waals surface area contributed by atoms with E-state index in [0.717, 1.165) is 0 Å². The molecule has 0 atom stereocenters. The van der Waals surface area contributed by atoms with Gasteiger partial charge >= 0.3 is 0 Å². The maximum atomic E-state index is 14.1. The van der Waals surface area contributed by atoms with Crippen molar-refractivity contribution in [3.63, 3.8) is 0 Å². The summed E-state index contributed by atoms with van der Waals surface area (Å²) in [5.74, 6) is -0.145. The molecular weight excluding hydrogens is 387 g/mol. The van der Waals surface area contributed by atoms with Gasteiger partial charge in [-0.05, 0) is 37.3 Å². The van der Waals surface area contributed by atoms with Gasteiger partial charge in [0.25, 0.3) is 5.91 Å². The number of hydrogen-bond donors (Lipinski definition) is 0. The Kier molecular flexibility index (Phi) is 4.35. The van der Waals surface area contributed by atoms with Crippen LogP contribution in [0.5, 0.6) is 11.5 Å². The Morgan fingerprint density at radius 2 is 1.86 bits per heavy atom. The zero-order chi connectivity index (χ0) is 20.0. The SMILES string of the molecule is COc1ccc(C(=O)n2nc(C)c3nnc4cc(Cl)c(F)cc4c32)cc1OC. The quantitative estimate of drug-likeness (QED) is 0.520. The van der Waals surface area contributed by atoms with Crippen molar-refractivity contribution < 1.29 is 18.7 Å². The standard InChI is InChI=1S/C19H14ClFN4O3/c1-9-17-18(11-7-13(21)12(20)8-14(11)22-23-17)25(24-9)19(26)10-4-5-15(27-2)16(6-10)28-3/h4-8H,1-3H3. The zero-order valence-corrected chi connectivity index (χ0v) is 15.9. The summed E-state index contributed by atoms with van der Waals surface area (Å²) in [4.78, 5) is 13.2. The monoisotopic (exact) mass is 400 g/mol. The first-order valence-corrected chi connectivity index (χ1v) is 8.60. The van der Waals surface area contributed by atoms with Gasteiger partial charge in [0.05, 0.1) is 30.5 Å². The number of fused-ring (bicyclic) bond motifs is 3. The van der Waals surface area contributed by atoms with E-state index >= 15 is 0 Å². The van der Waals surface area contributed by atoms with Crippen molar-refractivity contribution in [2.75, 3.05) is 14.2 Å². The van der Waals surface area contributed by atoms with E-state index in [-0.39, 0.29) is 5.02 Å². The molecule has 9 heteroatoms. The highest BCUT2D eigenvalue weighted by Crippen LogP contribution is 2.31. The maximum absolute atomic E-state index is 14.1. The van der Waals surface area contributed by atoms with Gasteiger partial charge < -0.3 is 9.47 Å². The summed E-state index contributed by atoms with van der Waals surface area (Å²) in [6, 6.07) is 7.38. The number of carbonyl (C=O) groups is 1. The number of halogens is 2. The molecule has 0 aliphatic carbocycles. The first-order valence-electron chi connectivity index (χ1n) is 8.22. The number of nitrogens with zero attached hydrogens (tertiary/aromatic N) is 4. The van der Waals surface area contributed by atoms with E-state index in [1.54, 1.807) is 25.1 Å². The van der Waals surface area contributed by atoms with Crippen LogP contribution in [0.3, 0.4) is 0 Å². The molecule has 0 saturated carbocycles. The Bertz CT molecular complexity index is 1260. The van der Waals surface area contributed by atoms with Crippen LogP contribution < -0.4 is 9.47 Å². The Hall–Kier alpha value is -3.26. The lowest BCUT2D eigenvalue weighted by molar-refractivity contribution is 0.0950. The molecule has 4 aromatic rings. The molecule has 0 radical (unpaired) electrons. The van der Waals surface area contributed by atoms with Crippen LogP contribution >= 0.6 is 11.6 Å². The van der Waals surface area contributed by atoms with Crippen LogP contribution in [0.4, 0.5) is 4.39 Å². The molecule has 0 aliphatic rings. The third kappa shape index (κ3) is 2.73. The van der Waals surface area contributed by atoms with Gasteiger partial charge in [-0.2, -0.15) is 9.78 Å². The molecule has 0 fully saturated rings. The van der Waals surface area contributed by atoms with E-state index in [1.807, 2.05) is 0 Å². The molecule has 2 aromatic heterocycles. The van der Waals surface area contributed by atoms with Crippen molar-refractivity contribution in [2.45, 2.75) is 6.92 Å². The number of rotatable bonds is 3. The third-order valence-corrected chi connectivity index (χ3v) is 4.69. The van der Waals surface area contributed by atoms with Gasteiger partial charge in [0.1, 0.15) is 16.9 Å². The lowest BCUT2D eigenvalue weighted by atomic mass is 10.1. The van der Waals surface area contributed by atoms with E-state index in [4.69, 9.17) is 21.1 Å². The molecule has 0 aliphatic heterocycles. The molecule has 0 amide bonds. The molecule has 7 nitrogen and oxygen atoms in total. The smallest absolute Gasteiger partial charge is 0.278 e. The molecule has 28 heavy (non-hydrogen) atoms. The number of hydrogen-bond acceptors (Lipinski definition) is 6. The highest BCUT2D eigenvalue weighted by Gasteiger charge is 2.21. The number of aryl methyl sites for hydroxylation is 1. The summed E-state index contributed by atoms with van der Waals surface area (Å²) in [6.07, 6.45) is 0. The number of carbonyl (C=O) groups excluding carboxylic acids is 1. The van der Waals surface area contributed by atoms with Crippen molar-refractivity contribution in [1.82, 2.24) is 20.0 Å². The second-order valence-electron chi connectivity index (χ2n) is 6.05. The molecule has 0 N–H and O–H groups in total. The zero-order valence-electron chi connectivity index (χ0n) is 15.2. The fraction of sp³-hybridized carbons (Fsp3) is 0.158. The average molecular weight is 401 g/mol. The number of benzene rings is 2. The lowest BCUT2D eigenvalue weighted by Gasteiger charge is -2.10. The van der Waals surface area contributed by atoms with Crippen LogP contribution in [-0.4, -0.2) is 40.1 Å². The molecule has 0 saturated heterocycles. The van der Waals surface area contributed by atoms with Gasteiger partial charge in [-0.15, -0.1) is 10.2 Å². The van der Waals surface area contributed by atoms with Crippen LogP contribution in [-0.2, 0) is 0 Å². The highest BCUT2D eigenvalue weighted by atomic mass is 35.5. The van der Waals surface area contributed by atoms with Crippen molar-refractivity contribution in [1.29, 1.82) is 0 Å². The summed E-state index contributed by atoms with van der Waals surface area (Å²) in [5, 5.41) is 12.8. The van der Waals surface area contributed by atoms with Crippen molar-refractivity contribution in [3.05, 3.63) is 52.4 Å². The summed E-state index contributed by atoms with van der Waals surface area (Å²) < 4.78 is 25.7. The minimum absolute atomic E-state index is 0.0739.